The topological polar surface area (TPSA) is 52.0 Å². The molecule has 0 spiro atoms. The lowest BCUT2D eigenvalue weighted by atomic mass is 10.1. The van der Waals surface area contributed by atoms with Crippen molar-refractivity contribution in [1.82, 2.24) is 5.16 Å². The van der Waals surface area contributed by atoms with E-state index in [1.165, 1.54) is 0 Å². The van der Waals surface area contributed by atoms with E-state index in [1.54, 1.807) is 24.3 Å². The van der Waals surface area contributed by atoms with Gasteiger partial charge in [-0.05, 0) is 11.6 Å². The zero-order valence-corrected chi connectivity index (χ0v) is 8.46. The first-order valence-corrected chi connectivity index (χ1v) is 4.65. The summed E-state index contributed by atoms with van der Waals surface area (Å²) in [5, 5.41) is 4.15. The van der Waals surface area contributed by atoms with Gasteiger partial charge in [0.15, 0.2) is 0 Å². The second-order valence-corrected chi connectivity index (χ2v) is 3.47. The quantitative estimate of drug-likeness (QED) is 0.856. The Bertz CT molecular complexity index is 484. The third-order valence-corrected chi connectivity index (χ3v) is 2.30. The number of nitrogens with zero attached hydrogens (tertiary/aromatic N) is 1. The monoisotopic (exact) mass is 226 g/mol. The molecule has 0 fully saturated rings. The van der Waals surface area contributed by atoms with Gasteiger partial charge >= 0.3 is 0 Å². The number of nitrogen functional groups attached to an aromatic ring is 1. The maximum atomic E-state index is 12.3. The van der Waals surface area contributed by atoms with E-state index < -0.39 is 6.67 Å². The third kappa shape index (κ3) is 1.94. The molecule has 15 heavy (non-hydrogen) atoms. The molecule has 0 aliphatic heterocycles. The smallest absolute Gasteiger partial charge is 0.222 e. The Morgan fingerprint density at radius 2 is 2.20 bits per heavy atom. The Kier molecular flexibility index (Phi) is 2.60. The van der Waals surface area contributed by atoms with Crippen molar-refractivity contribution in [1.29, 1.82) is 0 Å². The van der Waals surface area contributed by atoms with Crippen molar-refractivity contribution >= 4 is 17.5 Å². The van der Waals surface area contributed by atoms with Gasteiger partial charge in [0.1, 0.15) is 12.4 Å². The molecule has 1 heterocycles. The predicted molar refractivity (Wildman–Crippen MR) is 56.2 cm³/mol. The van der Waals surface area contributed by atoms with Crippen LogP contribution in [0.5, 0.6) is 0 Å². The molecule has 1 aromatic heterocycles. The van der Waals surface area contributed by atoms with Gasteiger partial charge < -0.3 is 10.3 Å². The lowest BCUT2D eigenvalue weighted by Gasteiger charge is -2.01. The van der Waals surface area contributed by atoms with Crippen molar-refractivity contribution in [2.75, 3.05) is 5.73 Å². The van der Waals surface area contributed by atoms with Crippen LogP contribution in [-0.2, 0) is 6.67 Å². The number of hydrogen-bond donors (Lipinski definition) is 1. The van der Waals surface area contributed by atoms with Crippen LogP contribution in [-0.4, -0.2) is 5.16 Å². The Labute approximate surface area is 90.6 Å². The predicted octanol–water partition coefficient (Wildman–Crippen LogP) is 3.05. The van der Waals surface area contributed by atoms with Crippen LogP contribution in [0.25, 0.3) is 11.3 Å². The van der Waals surface area contributed by atoms with E-state index in [0.29, 0.717) is 21.8 Å². The molecule has 5 heteroatoms. The molecule has 2 N–H and O–H groups in total. The summed E-state index contributed by atoms with van der Waals surface area (Å²) in [7, 11) is 0. The number of nitrogens with two attached hydrogens (primary N) is 1. The molecule has 2 aromatic rings. The molecule has 0 aliphatic rings. The summed E-state index contributed by atoms with van der Waals surface area (Å²) >= 11 is 5.96. The van der Waals surface area contributed by atoms with Crippen molar-refractivity contribution in [3.63, 3.8) is 0 Å². The SMILES string of the molecule is Nc1cc(-c2ccc(CF)cc2Cl)no1. The molecule has 3 nitrogen and oxygen atoms in total. The molecule has 0 amide bonds. The van der Waals surface area contributed by atoms with Gasteiger partial charge in [-0.3, -0.25) is 0 Å². The van der Waals surface area contributed by atoms with Crippen LogP contribution in [0.1, 0.15) is 5.56 Å². The minimum Gasteiger partial charge on any atom is -0.368 e. The molecular formula is C10H8ClFN2O. The molecule has 1 aromatic carbocycles. The van der Waals surface area contributed by atoms with Gasteiger partial charge in [0.25, 0.3) is 0 Å². The summed E-state index contributed by atoms with van der Waals surface area (Å²) in [6.07, 6.45) is 0. The fourth-order valence-electron chi connectivity index (χ4n) is 1.27. The van der Waals surface area contributed by atoms with Gasteiger partial charge in [-0.15, -0.1) is 0 Å². The molecule has 2 rings (SSSR count). The molecule has 0 radical (unpaired) electrons. The van der Waals surface area contributed by atoms with Crippen molar-refractivity contribution in [2.24, 2.45) is 0 Å². The van der Waals surface area contributed by atoms with Crippen LogP contribution in [0, 0.1) is 0 Å². The standard InChI is InChI=1S/C10H8ClFN2O/c11-8-3-6(5-12)1-2-7(8)9-4-10(13)15-14-9/h1-4H,5,13H2. The van der Waals surface area contributed by atoms with E-state index in [2.05, 4.69) is 5.16 Å². The lowest BCUT2D eigenvalue weighted by molar-refractivity contribution is 0.439. The number of anilines is 1. The number of aromatic nitrogens is 1. The van der Waals surface area contributed by atoms with Crippen molar-refractivity contribution in [3.8, 4) is 11.3 Å². The van der Waals surface area contributed by atoms with Crippen LogP contribution >= 0.6 is 11.6 Å². The Morgan fingerprint density at radius 3 is 2.73 bits per heavy atom. The van der Waals surface area contributed by atoms with E-state index in [0.717, 1.165) is 0 Å². The Balaban J connectivity index is 2.45. The Morgan fingerprint density at radius 1 is 1.40 bits per heavy atom. The minimum atomic E-state index is -0.541. The highest BCUT2D eigenvalue weighted by molar-refractivity contribution is 6.33. The number of halogens is 2. The van der Waals surface area contributed by atoms with E-state index in [9.17, 15) is 4.39 Å². The Hall–Kier alpha value is -1.55. The summed E-state index contributed by atoms with van der Waals surface area (Å²) < 4.78 is 17.1. The van der Waals surface area contributed by atoms with Gasteiger partial charge in [0.05, 0.1) is 5.02 Å². The molecule has 0 atom stereocenters. The van der Waals surface area contributed by atoms with Gasteiger partial charge in [-0.2, -0.15) is 0 Å². The highest BCUT2D eigenvalue weighted by atomic mass is 35.5. The second kappa shape index (κ2) is 3.90. The molecule has 0 saturated carbocycles. The van der Waals surface area contributed by atoms with Crippen LogP contribution in [0.2, 0.25) is 5.02 Å². The summed E-state index contributed by atoms with van der Waals surface area (Å²) in [4.78, 5) is 0. The highest BCUT2D eigenvalue weighted by Gasteiger charge is 2.08. The zero-order valence-electron chi connectivity index (χ0n) is 7.71. The fraction of sp³-hybridized carbons (Fsp3) is 0.100. The third-order valence-electron chi connectivity index (χ3n) is 1.99. The van der Waals surface area contributed by atoms with E-state index in [-0.39, 0.29) is 5.88 Å². The molecule has 0 aliphatic carbocycles. The summed E-state index contributed by atoms with van der Waals surface area (Å²) in [5.41, 5.74) is 7.14. The molecular weight excluding hydrogens is 219 g/mol. The first-order valence-electron chi connectivity index (χ1n) is 4.27. The summed E-state index contributed by atoms with van der Waals surface area (Å²) in [6, 6.07) is 6.46. The molecule has 0 unspecified atom stereocenters. The van der Waals surface area contributed by atoms with Crippen LogP contribution in [0.15, 0.2) is 28.8 Å². The number of hydrogen-bond acceptors (Lipinski definition) is 3. The van der Waals surface area contributed by atoms with E-state index in [4.69, 9.17) is 21.9 Å². The van der Waals surface area contributed by atoms with Crippen LogP contribution in [0.3, 0.4) is 0 Å². The average molecular weight is 227 g/mol. The lowest BCUT2D eigenvalue weighted by Crippen LogP contribution is -1.83. The average Bonchev–Trinajstić information content (AvgIpc) is 2.64. The second-order valence-electron chi connectivity index (χ2n) is 3.06. The summed E-state index contributed by atoms with van der Waals surface area (Å²) in [5.74, 6) is 0.218. The van der Waals surface area contributed by atoms with Gasteiger partial charge in [0, 0.05) is 11.6 Å². The van der Waals surface area contributed by atoms with E-state index >= 15 is 0 Å². The summed E-state index contributed by atoms with van der Waals surface area (Å²) in [6.45, 7) is -0.541. The maximum Gasteiger partial charge on any atom is 0.222 e. The van der Waals surface area contributed by atoms with Gasteiger partial charge in [0.2, 0.25) is 5.88 Å². The first-order chi connectivity index (χ1) is 7.20. The van der Waals surface area contributed by atoms with Crippen molar-refractivity contribution < 1.29 is 8.91 Å². The molecule has 0 saturated heterocycles. The minimum absolute atomic E-state index is 0.218. The zero-order chi connectivity index (χ0) is 10.8. The van der Waals surface area contributed by atoms with Crippen molar-refractivity contribution in [3.05, 3.63) is 34.9 Å². The highest BCUT2D eigenvalue weighted by Crippen LogP contribution is 2.29. The van der Waals surface area contributed by atoms with Crippen LogP contribution < -0.4 is 5.73 Å². The maximum absolute atomic E-state index is 12.3. The van der Waals surface area contributed by atoms with Gasteiger partial charge in [-0.25, -0.2) is 4.39 Å². The van der Waals surface area contributed by atoms with Gasteiger partial charge in [-0.1, -0.05) is 28.9 Å². The van der Waals surface area contributed by atoms with Crippen LogP contribution in [0.4, 0.5) is 10.3 Å². The number of benzene rings is 1. The number of alkyl halides is 1. The largest absolute Gasteiger partial charge is 0.368 e. The fourth-order valence-corrected chi connectivity index (χ4v) is 1.57. The molecule has 0 bridgehead atoms. The number of rotatable bonds is 2. The molecule has 78 valence electrons. The first kappa shape index (κ1) is 9.98. The normalized spacial score (nSPS) is 10.5. The van der Waals surface area contributed by atoms with Crippen molar-refractivity contribution in [2.45, 2.75) is 6.67 Å². The van der Waals surface area contributed by atoms with E-state index in [1.807, 2.05) is 0 Å².